The number of nitrogens with one attached hydrogen (secondary N) is 1. The molecule has 1 aliphatic rings. The molecular formula is C16H26N4O. The van der Waals surface area contributed by atoms with E-state index in [1.165, 1.54) is 0 Å². The van der Waals surface area contributed by atoms with Crippen LogP contribution in [0.2, 0.25) is 0 Å². The molecule has 0 aromatic carbocycles. The smallest absolute Gasteiger partial charge is 0.254 e. The van der Waals surface area contributed by atoms with Crippen molar-refractivity contribution in [3.8, 4) is 0 Å². The second kappa shape index (κ2) is 7.41. The first-order valence-corrected chi connectivity index (χ1v) is 7.89. The van der Waals surface area contributed by atoms with Gasteiger partial charge in [0.2, 0.25) is 0 Å². The van der Waals surface area contributed by atoms with Crippen molar-refractivity contribution in [3.63, 3.8) is 0 Å². The Kier molecular flexibility index (Phi) is 5.56. The van der Waals surface area contributed by atoms with Gasteiger partial charge in [0.25, 0.3) is 5.91 Å². The Bertz CT molecular complexity index is 477. The van der Waals surface area contributed by atoms with E-state index in [4.69, 9.17) is 0 Å². The number of carbonyl (C=O) groups is 1. The summed E-state index contributed by atoms with van der Waals surface area (Å²) < 4.78 is 0. The van der Waals surface area contributed by atoms with E-state index < -0.39 is 0 Å². The van der Waals surface area contributed by atoms with Crippen LogP contribution >= 0.6 is 0 Å². The molecule has 1 N–H and O–H groups in total. The minimum absolute atomic E-state index is 0.111. The predicted octanol–water partition coefficient (Wildman–Crippen LogP) is 2.07. The Balaban J connectivity index is 2.03. The van der Waals surface area contributed by atoms with Gasteiger partial charge >= 0.3 is 0 Å². The fourth-order valence-electron chi connectivity index (χ4n) is 2.75. The molecule has 1 amide bonds. The van der Waals surface area contributed by atoms with E-state index in [9.17, 15) is 4.79 Å². The Morgan fingerprint density at radius 3 is 2.90 bits per heavy atom. The van der Waals surface area contributed by atoms with Crippen LogP contribution in [0.1, 0.15) is 37.6 Å². The maximum Gasteiger partial charge on any atom is 0.254 e. The summed E-state index contributed by atoms with van der Waals surface area (Å²) in [5.41, 5.74) is 0.723. The number of carbonyl (C=O) groups excluding carboxylic acids is 1. The Hall–Kier alpha value is -1.62. The van der Waals surface area contributed by atoms with E-state index in [0.29, 0.717) is 6.04 Å². The fourth-order valence-corrected chi connectivity index (χ4v) is 2.75. The van der Waals surface area contributed by atoms with Crippen LogP contribution in [0.3, 0.4) is 0 Å². The molecule has 0 aliphatic carbocycles. The Morgan fingerprint density at radius 2 is 2.24 bits per heavy atom. The van der Waals surface area contributed by atoms with Gasteiger partial charge in [-0.25, -0.2) is 4.98 Å². The standard InChI is InChI=1S/C16H26N4O/c1-4-7-17-15-11-14(6-8-18-15)16(21)20-10-9-19(5-2)13(3)12-20/h6,8,11,13H,4-5,7,9-10,12H2,1-3H3,(H,17,18). The average molecular weight is 290 g/mol. The van der Waals surface area contributed by atoms with Crippen molar-refractivity contribution < 1.29 is 4.79 Å². The molecule has 1 atom stereocenters. The number of pyridine rings is 1. The highest BCUT2D eigenvalue weighted by atomic mass is 16.2. The predicted molar refractivity (Wildman–Crippen MR) is 85.6 cm³/mol. The van der Waals surface area contributed by atoms with Crippen molar-refractivity contribution >= 4 is 11.7 Å². The molecule has 0 radical (unpaired) electrons. The summed E-state index contributed by atoms with van der Waals surface area (Å²) in [5.74, 6) is 0.891. The molecule has 5 heteroatoms. The Labute approximate surface area is 127 Å². The third-order valence-electron chi connectivity index (χ3n) is 4.02. The van der Waals surface area contributed by atoms with Crippen LogP contribution in [-0.4, -0.2) is 59.5 Å². The highest BCUT2D eigenvalue weighted by Gasteiger charge is 2.26. The maximum atomic E-state index is 12.6. The molecule has 1 aromatic rings. The van der Waals surface area contributed by atoms with Crippen molar-refractivity contribution in [2.75, 3.05) is 38.0 Å². The lowest BCUT2D eigenvalue weighted by Crippen LogP contribution is -2.53. The zero-order chi connectivity index (χ0) is 15.2. The second-order valence-corrected chi connectivity index (χ2v) is 5.59. The van der Waals surface area contributed by atoms with Crippen LogP contribution in [0, 0.1) is 0 Å². The van der Waals surface area contributed by atoms with Gasteiger partial charge in [-0.2, -0.15) is 0 Å². The molecule has 1 fully saturated rings. The normalized spacial score (nSPS) is 19.6. The van der Waals surface area contributed by atoms with Crippen molar-refractivity contribution in [2.45, 2.75) is 33.2 Å². The topological polar surface area (TPSA) is 48.5 Å². The van der Waals surface area contributed by atoms with Crippen LogP contribution in [0.25, 0.3) is 0 Å². The minimum atomic E-state index is 0.111. The number of aromatic nitrogens is 1. The number of anilines is 1. The van der Waals surface area contributed by atoms with Crippen LogP contribution < -0.4 is 5.32 Å². The quantitative estimate of drug-likeness (QED) is 0.902. The molecule has 1 unspecified atom stereocenters. The van der Waals surface area contributed by atoms with E-state index >= 15 is 0 Å². The van der Waals surface area contributed by atoms with Gasteiger partial charge in [0.15, 0.2) is 0 Å². The number of piperazine rings is 1. The highest BCUT2D eigenvalue weighted by molar-refractivity contribution is 5.94. The van der Waals surface area contributed by atoms with E-state index in [-0.39, 0.29) is 5.91 Å². The van der Waals surface area contributed by atoms with Gasteiger partial charge < -0.3 is 10.2 Å². The van der Waals surface area contributed by atoms with E-state index in [2.05, 4.69) is 36.0 Å². The number of likely N-dealkylation sites (N-methyl/N-ethyl adjacent to an activating group) is 1. The maximum absolute atomic E-state index is 12.6. The monoisotopic (exact) mass is 290 g/mol. The summed E-state index contributed by atoms with van der Waals surface area (Å²) in [6.07, 6.45) is 2.74. The fraction of sp³-hybridized carbons (Fsp3) is 0.625. The first-order chi connectivity index (χ1) is 10.2. The van der Waals surface area contributed by atoms with Gasteiger partial charge in [-0.1, -0.05) is 13.8 Å². The summed E-state index contributed by atoms with van der Waals surface area (Å²) in [6.45, 7) is 10.9. The molecule has 1 saturated heterocycles. The number of nitrogens with zero attached hydrogens (tertiary/aromatic N) is 3. The summed E-state index contributed by atoms with van der Waals surface area (Å²) in [4.78, 5) is 21.2. The van der Waals surface area contributed by atoms with Crippen LogP contribution in [0.5, 0.6) is 0 Å². The summed E-state index contributed by atoms with van der Waals surface area (Å²) in [7, 11) is 0. The zero-order valence-corrected chi connectivity index (χ0v) is 13.3. The number of amides is 1. The average Bonchev–Trinajstić information content (AvgIpc) is 2.52. The van der Waals surface area contributed by atoms with Gasteiger partial charge in [-0.15, -0.1) is 0 Å². The van der Waals surface area contributed by atoms with E-state index in [1.807, 2.05) is 11.0 Å². The molecule has 2 heterocycles. The summed E-state index contributed by atoms with van der Waals surface area (Å²) in [5, 5.41) is 3.23. The van der Waals surface area contributed by atoms with Crippen molar-refractivity contribution in [3.05, 3.63) is 23.9 Å². The summed E-state index contributed by atoms with van der Waals surface area (Å²) >= 11 is 0. The van der Waals surface area contributed by atoms with Gasteiger partial charge in [-0.3, -0.25) is 9.69 Å². The van der Waals surface area contributed by atoms with E-state index in [1.54, 1.807) is 12.3 Å². The van der Waals surface area contributed by atoms with Crippen LogP contribution in [0.15, 0.2) is 18.3 Å². The molecule has 21 heavy (non-hydrogen) atoms. The molecule has 1 aliphatic heterocycles. The van der Waals surface area contributed by atoms with E-state index in [0.717, 1.165) is 50.5 Å². The van der Waals surface area contributed by atoms with Gasteiger partial charge in [-0.05, 0) is 32.0 Å². The third kappa shape index (κ3) is 3.94. The lowest BCUT2D eigenvalue weighted by molar-refractivity contribution is 0.0528. The molecule has 0 saturated carbocycles. The molecule has 0 spiro atoms. The van der Waals surface area contributed by atoms with Crippen molar-refractivity contribution in [1.29, 1.82) is 0 Å². The molecule has 2 rings (SSSR count). The number of hydrogen-bond donors (Lipinski definition) is 1. The lowest BCUT2D eigenvalue weighted by Gasteiger charge is -2.39. The minimum Gasteiger partial charge on any atom is -0.370 e. The van der Waals surface area contributed by atoms with Gasteiger partial charge in [0.1, 0.15) is 5.82 Å². The molecule has 5 nitrogen and oxygen atoms in total. The SMILES string of the molecule is CCCNc1cc(C(=O)N2CCN(CC)C(C)C2)ccn1. The van der Waals surface area contributed by atoms with Gasteiger partial charge in [0.05, 0.1) is 0 Å². The van der Waals surface area contributed by atoms with Crippen LogP contribution in [0.4, 0.5) is 5.82 Å². The van der Waals surface area contributed by atoms with Crippen molar-refractivity contribution in [2.24, 2.45) is 0 Å². The van der Waals surface area contributed by atoms with Crippen molar-refractivity contribution in [1.82, 2.24) is 14.8 Å². The lowest BCUT2D eigenvalue weighted by atomic mass is 10.1. The van der Waals surface area contributed by atoms with Crippen LogP contribution in [-0.2, 0) is 0 Å². The molecular weight excluding hydrogens is 264 g/mol. The molecule has 1 aromatic heterocycles. The largest absolute Gasteiger partial charge is 0.370 e. The zero-order valence-electron chi connectivity index (χ0n) is 13.3. The Morgan fingerprint density at radius 1 is 1.43 bits per heavy atom. The van der Waals surface area contributed by atoms with Gasteiger partial charge in [0, 0.05) is 44.0 Å². The summed E-state index contributed by atoms with van der Waals surface area (Å²) in [6, 6.07) is 4.08. The number of rotatable bonds is 5. The first-order valence-electron chi connectivity index (χ1n) is 7.89. The molecule has 116 valence electrons. The third-order valence-corrected chi connectivity index (χ3v) is 4.02. The first kappa shape index (κ1) is 15.8. The second-order valence-electron chi connectivity index (χ2n) is 5.59. The molecule has 0 bridgehead atoms. The highest BCUT2D eigenvalue weighted by Crippen LogP contribution is 2.14. The number of hydrogen-bond acceptors (Lipinski definition) is 4.